The molecule has 0 spiro atoms. The third-order valence-electron chi connectivity index (χ3n) is 11.0. The summed E-state index contributed by atoms with van der Waals surface area (Å²) in [5.41, 5.74) is 11.2. The molecule has 0 saturated heterocycles. The first kappa shape index (κ1) is 35.5. The first-order valence-corrected chi connectivity index (χ1v) is 18.6. The molecule has 2 heterocycles. The van der Waals surface area contributed by atoms with E-state index in [1.807, 2.05) is 0 Å². The highest BCUT2D eigenvalue weighted by atomic mass is 16.5. The zero-order valence-corrected chi connectivity index (χ0v) is 32.3. The molecule has 3 aromatic rings. The van der Waals surface area contributed by atoms with Crippen LogP contribution >= 0.6 is 0 Å². The molecular weight excluding hydrogens is 611 g/mol. The summed E-state index contributed by atoms with van der Waals surface area (Å²) in [5.74, 6) is 1.81. The van der Waals surface area contributed by atoms with Crippen LogP contribution in [0, 0.1) is 6.08 Å². The van der Waals surface area contributed by atoms with Crippen LogP contribution in [0.15, 0.2) is 114 Å². The monoisotopic (exact) mass is 667 g/mol. The number of hydrogen-bond acceptors (Lipinski definition) is 3. The van der Waals surface area contributed by atoms with Crippen LogP contribution < -0.4 is 14.5 Å². The second-order valence-corrected chi connectivity index (χ2v) is 16.1. The van der Waals surface area contributed by atoms with Crippen molar-refractivity contribution in [1.29, 1.82) is 0 Å². The number of hydrogen-bond donors (Lipinski definition) is 0. The van der Waals surface area contributed by atoms with E-state index in [1.165, 1.54) is 50.7 Å². The Morgan fingerprint density at radius 1 is 0.800 bits per heavy atom. The first-order valence-electron chi connectivity index (χ1n) is 18.6. The molecule has 2 aliphatic heterocycles. The van der Waals surface area contributed by atoms with Gasteiger partial charge in [0.2, 0.25) is 5.69 Å². The molecule has 1 aliphatic carbocycles. The Morgan fingerprint density at radius 3 is 2.12 bits per heavy atom. The van der Waals surface area contributed by atoms with Gasteiger partial charge in [0.1, 0.15) is 11.5 Å². The Hall–Kier alpha value is -4.31. The standard InChI is InChI=1S/C46H57N3O/c1-31(2)47(11)36-25-27-37(28-26-36)50-44-34(23-29-42-45(7,8)38-19-12-14-21-40(38)48(42)32(3)4)17-16-18-35(44)24-30-43-46(9,10)39-20-13-15-22-41(39)49(43)33(5)6/h12-15,19-29,31-33H,16-18H2,1-11H3. The van der Waals surface area contributed by atoms with Gasteiger partial charge in [0.05, 0.1) is 11.2 Å². The third-order valence-corrected chi connectivity index (χ3v) is 11.0. The maximum absolute atomic E-state index is 6.94. The molecule has 0 saturated carbocycles. The SMILES string of the molecule is CC(C)N(C)c1ccc(OC2=C(C=[C-]C3=[N+](C(C)C)c4ccccc4C3(C)C)CCC/C2=C\C=C2\N(C(C)C)c3ccccc3C2(C)C)cc1. The molecule has 0 atom stereocenters. The second kappa shape index (κ2) is 13.8. The summed E-state index contributed by atoms with van der Waals surface area (Å²) in [6.07, 6.45) is 13.8. The number of nitrogens with zero attached hydrogens (tertiary/aromatic N) is 3. The minimum atomic E-state index is -0.154. The van der Waals surface area contributed by atoms with E-state index in [0.717, 1.165) is 30.8 Å². The molecule has 0 amide bonds. The van der Waals surface area contributed by atoms with Gasteiger partial charge in [-0.05, 0) is 109 Å². The lowest BCUT2D eigenvalue weighted by Crippen LogP contribution is -2.31. The van der Waals surface area contributed by atoms with E-state index in [0.29, 0.717) is 18.1 Å². The lowest BCUT2D eigenvalue weighted by atomic mass is 9.81. The largest absolute Gasteiger partial charge is 0.476 e. The third kappa shape index (κ3) is 6.38. The molecule has 0 fully saturated rings. The molecule has 0 unspecified atom stereocenters. The van der Waals surface area contributed by atoms with E-state index in [-0.39, 0.29) is 10.8 Å². The van der Waals surface area contributed by atoms with Gasteiger partial charge in [0.15, 0.2) is 6.04 Å². The molecule has 0 N–H and O–H groups in total. The fourth-order valence-corrected chi connectivity index (χ4v) is 8.00. The number of benzene rings is 3. The highest BCUT2D eigenvalue weighted by Crippen LogP contribution is 2.49. The van der Waals surface area contributed by atoms with Crippen molar-refractivity contribution in [3.8, 4) is 5.75 Å². The van der Waals surface area contributed by atoms with Crippen molar-refractivity contribution >= 4 is 22.8 Å². The molecule has 0 radical (unpaired) electrons. The summed E-state index contributed by atoms with van der Waals surface area (Å²) in [7, 11) is 2.14. The maximum Gasteiger partial charge on any atom is 0.208 e. The Labute approximate surface area is 302 Å². The predicted molar refractivity (Wildman–Crippen MR) is 212 cm³/mol. The molecule has 262 valence electrons. The molecule has 3 aromatic carbocycles. The zero-order valence-electron chi connectivity index (χ0n) is 32.3. The van der Waals surface area contributed by atoms with E-state index < -0.39 is 0 Å². The van der Waals surface area contributed by atoms with E-state index in [2.05, 4.69) is 188 Å². The topological polar surface area (TPSA) is 18.7 Å². The molecule has 50 heavy (non-hydrogen) atoms. The molecule has 6 rings (SSSR count). The Balaban J connectivity index is 1.46. The van der Waals surface area contributed by atoms with Gasteiger partial charge >= 0.3 is 0 Å². The van der Waals surface area contributed by atoms with Gasteiger partial charge in [-0.1, -0.05) is 69.2 Å². The van der Waals surface area contributed by atoms with Crippen LogP contribution in [0.1, 0.15) is 99.6 Å². The highest BCUT2D eigenvalue weighted by molar-refractivity contribution is 6.00. The smallest absolute Gasteiger partial charge is 0.208 e. The van der Waals surface area contributed by atoms with Gasteiger partial charge in [0.25, 0.3) is 0 Å². The molecule has 0 aromatic heterocycles. The average Bonchev–Trinajstić information content (AvgIpc) is 3.46. The van der Waals surface area contributed by atoms with Gasteiger partial charge in [0, 0.05) is 53.2 Å². The average molecular weight is 668 g/mol. The molecular formula is C46H57N3O. The van der Waals surface area contributed by atoms with Crippen molar-refractivity contribution in [2.24, 2.45) is 0 Å². The molecule has 4 nitrogen and oxygen atoms in total. The maximum atomic E-state index is 6.94. The number of ether oxygens (including phenoxy) is 1. The van der Waals surface area contributed by atoms with Gasteiger partial charge in [-0.15, -0.1) is 0 Å². The molecule has 3 aliphatic rings. The molecule has 0 bridgehead atoms. The van der Waals surface area contributed by atoms with Crippen LogP contribution in [0.2, 0.25) is 0 Å². The van der Waals surface area contributed by atoms with Crippen molar-refractivity contribution in [2.75, 3.05) is 16.8 Å². The fraction of sp³-hybridized carbons (Fsp3) is 0.413. The van der Waals surface area contributed by atoms with Crippen LogP contribution in [0.4, 0.5) is 17.1 Å². The van der Waals surface area contributed by atoms with E-state index in [9.17, 15) is 0 Å². The number of anilines is 2. The van der Waals surface area contributed by atoms with Crippen molar-refractivity contribution < 1.29 is 9.31 Å². The van der Waals surface area contributed by atoms with Gasteiger partial charge in [-0.25, -0.2) is 10.7 Å². The Bertz CT molecular complexity index is 1900. The van der Waals surface area contributed by atoms with Crippen LogP contribution in [-0.2, 0) is 10.8 Å². The lowest BCUT2D eigenvalue weighted by Gasteiger charge is -2.31. The predicted octanol–water partition coefficient (Wildman–Crippen LogP) is 11.2. The van der Waals surface area contributed by atoms with Crippen molar-refractivity contribution in [3.63, 3.8) is 0 Å². The summed E-state index contributed by atoms with van der Waals surface area (Å²) >= 11 is 0. The lowest BCUT2D eigenvalue weighted by molar-refractivity contribution is -0.473. The van der Waals surface area contributed by atoms with Crippen molar-refractivity contribution in [2.45, 2.75) is 117 Å². The second-order valence-electron chi connectivity index (χ2n) is 16.1. The van der Waals surface area contributed by atoms with Crippen LogP contribution in [0.25, 0.3) is 0 Å². The van der Waals surface area contributed by atoms with E-state index in [4.69, 9.17) is 4.74 Å². The first-order chi connectivity index (χ1) is 23.7. The van der Waals surface area contributed by atoms with Gasteiger partial charge in [-0.2, -0.15) is 11.6 Å². The summed E-state index contributed by atoms with van der Waals surface area (Å²) in [6.45, 7) is 22.9. The van der Waals surface area contributed by atoms with Crippen molar-refractivity contribution in [3.05, 3.63) is 131 Å². The minimum Gasteiger partial charge on any atom is -0.476 e. The number of fused-ring (bicyclic) bond motifs is 2. The summed E-state index contributed by atoms with van der Waals surface area (Å²) in [5, 5.41) is 0. The van der Waals surface area contributed by atoms with Crippen LogP contribution in [0.3, 0.4) is 0 Å². The Morgan fingerprint density at radius 2 is 1.46 bits per heavy atom. The van der Waals surface area contributed by atoms with Crippen molar-refractivity contribution in [1.82, 2.24) is 0 Å². The van der Waals surface area contributed by atoms with Gasteiger partial charge in [-0.3, -0.25) is 0 Å². The number of para-hydroxylation sites is 2. The fourth-order valence-electron chi connectivity index (χ4n) is 8.00. The van der Waals surface area contributed by atoms with Crippen LogP contribution in [-0.4, -0.2) is 35.5 Å². The minimum absolute atomic E-state index is 0.105. The quantitative estimate of drug-likeness (QED) is 0.167. The highest BCUT2D eigenvalue weighted by Gasteiger charge is 2.43. The van der Waals surface area contributed by atoms with E-state index in [1.54, 1.807) is 0 Å². The summed E-state index contributed by atoms with van der Waals surface area (Å²) in [4.78, 5) is 4.79. The Kier molecular flexibility index (Phi) is 9.79. The van der Waals surface area contributed by atoms with Gasteiger partial charge < -0.3 is 14.5 Å². The molecule has 4 heteroatoms. The summed E-state index contributed by atoms with van der Waals surface area (Å²) < 4.78 is 9.40. The number of allylic oxidation sites excluding steroid dienone is 7. The van der Waals surface area contributed by atoms with E-state index >= 15 is 0 Å². The number of rotatable bonds is 9. The normalized spacial score (nSPS) is 19.9. The van der Waals surface area contributed by atoms with Crippen LogP contribution in [0.5, 0.6) is 5.75 Å². The zero-order chi connectivity index (χ0) is 36.0. The summed E-state index contributed by atoms with van der Waals surface area (Å²) in [6, 6.07) is 27.3.